The van der Waals surface area contributed by atoms with Crippen LogP contribution < -0.4 is 9.21 Å². The number of carbonyl (C=O) groups is 1. The van der Waals surface area contributed by atoms with E-state index in [1.165, 1.54) is 24.3 Å². The molecule has 1 amide bonds. The van der Waals surface area contributed by atoms with Gasteiger partial charge in [-0.1, -0.05) is 25.1 Å². The van der Waals surface area contributed by atoms with Crippen LogP contribution in [-0.2, 0) is 14.8 Å². The fraction of sp³-hybridized carbons (Fsp3) is 0.381. The zero-order valence-corrected chi connectivity index (χ0v) is 17.5. The molecule has 1 atom stereocenters. The maximum atomic E-state index is 13.3. The van der Waals surface area contributed by atoms with Gasteiger partial charge in [-0.15, -0.1) is 0 Å². The molecule has 0 aromatic heterocycles. The number of hydrogen-bond donors (Lipinski definition) is 0. The largest absolute Gasteiger partial charge is 0.368 e. The molecule has 1 saturated heterocycles. The monoisotopic (exact) mass is 419 g/mol. The Hall–Kier alpha value is -2.61. The van der Waals surface area contributed by atoms with Crippen LogP contribution in [0.4, 0.5) is 15.8 Å². The Morgan fingerprint density at radius 3 is 2.14 bits per heavy atom. The van der Waals surface area contributed by atoms with Crippen LogP contribution in [0.1, 0.15) is 13.3 Å². The molecule has 6 nitrogen and oxygen atoms in total. The van der Waals surface area contributed by atoms with Gasteiger partial charge >= 0.3 is 0 Å². The van der Waals surface area contributed by atoms with E-state index in [1.54, 1.807) is 11.8 Å². The van der Waals surface area contributed by atoms with Crippen LogP contribution in [0.2, 0.25) is 0 Å². The van der Waals surface area contributed by atoms with Crippen molar-refractivity contribution in [3.63, 3.8) is 0 Å². The molecular formula is C21H26FN3O3S. The summed E-state index contributed by atoms with van der Waals surface area (Å²) in [6.45, 7) is 4.18. The number of piperazine rings is 1. The highest BCUT2D eigenvalue weighted by atomic mass is 32.2. The summed E-state index contributed by atoms with van der Waals surface area (Å²) in [5, 5.41) is 0. The lowest BCUT2D eigenvalue weighted by atomic mass is 10.1. The number of amides is 1. The summed E-state index contributed by atoms with van der Waals surface area (Å²) >= 11 is 0. The first-order valence-electron chi connectivity index (χ1n) is 9.65. The van der Waals surface area contributed by atoms with Gasteiger partial charge in [-0.25, -0.2) is 12.8 Å². The number of halogens is 1. The van der Waals surface area contributed by atoms with Crippen molar-refractivity contribution in [3.05, 3.63) is 60.4 Å². The van der Waals surface area contributed by atoms with Crippen LogP contribution in [0.25, 0.3) is 0 Å². The molecule has 8 heteroatoms. The molecular weight excluding hydrogens is 393 g/mol. The SMILES string of the molecule is CC[C@H](C(=O)N1CCN(c2ccccc2)CC1)N(c1ccc(F)cc1)S(C)(=O)=O. The number of anilines is 2. The highest BCUT2D eigenvalue weighted by molar-refractivity contribution is 7.92. The Bertz CT molecular complexity index is 927. The van der Waals surface area contributed by atoms with Crippen molar-refractivity contribution in [2.24, 2.45) is 0 Å². The van der Waals surface area contributed by atoms with Gasteiger partial charge in [0.2, 0.25) is 15.9 Å². The van der Waals surface area contributed by atoms with Crippen LogP contribution in [-0.4, -0.2) is 57.7 Å². The maximum Gasteiger partial charge on any atom is 0.246 e. The molecule has 0 N–H and O–H groups in total. The fourth-order valence-electron chi connectivity index (χ4n) is 3.67. The lowest BCUT2D eigenvalue weighted by Gasteiger charge is -2.39. The van der Waals surface area contributed by atoms with E-state index in [9.17, 15) is 17.6 Å². The molecule has 2 aromatic rings. The summed E-state index contributed by atoms with van der Waals surface area (Å²) in [4.78, 5) is 17.2. The van der Waals surface area contributed by atoms with E-state index in [0.29, 0.717) is 32.6 Å². The third kappa shape index (κ3) is 4.87. The van der Waals surface area contributed by atoms with Crippen LogP contribution >= 0.6 is 0 Å². The molecule has 156 valence electrons. The minimum Gasteiger partial charge on any atom is -0.368 e. The molecule has 29 heavy (non-hydrogen) atoms. The van der Waals surface area contributed by atoms with Gasteiger partial charge in [0.25, 0.3) is 0 Å². The number of benzene rings is 2. The zero-order valence-electron chi connectivity index (χ0n) is 16.7. The van der Waals surface area contributed by atoms with Crippen LogP contribution in [0.3, 0.4) is 0 Å². The van der Waals surface area contributed by atoms with Gasteiger partial charge in [0.15, 0.2) is 0 Å². The van der Waals surface area contributed by atoms with Crippen molar-refractivity contribution in [1.29, 1.82) is 0 Å². The van der Waals surface area contributed by atoms with Crippen LogP contribution in [0.15, 0.2) is 54.6 Å². The predicted octanol–water partition coefficient (Wildman–Crippen LogP) is 2.72. The third-order valence-electron chi connectivity index (χ3n) is 5.11. The zero-order chi connectivity index (χ0) is 21.0. The number of sulfonamides is 1. The minimum absolute atomic E-state index is 0.227. The summed E-state index contributed by atoms with van der Waals surface area (Å²) in [5.74, 6) is -0.687. The molecule has 0 spiro atoms. The predicted molar refractivity (Wildman–Crippen MR) is 113 cm³/mol. The van der Waals surface area contributed by atoms with Crippen molar-refractivity contribution in [3.8, 4) is 0 Å². The highest BCUT2D eigenvalue weighted by Crippen LogP contribution is 2.25. The van der Waals surface area contributed by atoms with E-state index < -0.39 is 21.9 Å². The molecule has 1 fully saturated rings. The van der Waals surface area contributed by atoms with Crippen LogP contribution in [0, 0.1) is 5.82 Å². The summed E-state index contributed by atoms with van der Waals surface area (Å²) < 4.78 is 39.4. The number of para-hydroxylation sites is 1. The van der Waals surface area contributed by atoms with E-state index in [2.05, 4.69) is 4.90 Å². The number of carbonyl (C=O) groups excluding carboxylic acids is 1. The van der Waals surface area contributed by atoms with Gasteiger partial charge in [0.05, 0.1) is 11.9 Å². The van der Waals surface area contributed by atoms with E-state index in [1.807, 2.05) is 30.3 Å². The van der Waals surface area contributed by atoms with E-state index in [0.717, 1.165) is 16.2 Å². The van der Waals surface area contributed by atoms with Gasteiger partial charge in [-0.2, -0.15) is 0 Å². The Labute approximate surface area is 171 Å². The molecule has 1 aliphatic rings. The Kier molecular flexibility index (Phi) is 6.42. The van der Waals surface area contributed by atoms with Crippen molar-refractivity contribution in [1.82, 2.24) is 4.90 Å². The molecule has 1 aliphatic heterocycles. The smallest absolute Gasteiger partial charge is 0.246 e. The summed E-state index contributed by atoms with van der Waals surface area (Å²) in [6.07, 6.45) is 1.39. The molecule has 0 unspecified atom stereocenters. The lowest BCUT2D eigenvalue weighted by Crippen LogP contribution is -2.56. The third-order valence-corrected chi connectivity index (χ3v) is 6.29. The second-order valence-electron chi connectivity index (χ2n) is 7.11. The van der Waals surface area contributed by atoms with Crippen molar-refractivity contribution < 1.29 is 17.6 Å². The fourth-order valence-corrected chi connectivity index (χ4v) is 4.87. The van der Waals surface area contributed by atoms with Gasteiger partial charge < -0.3 is 9.80 Å². The number of hydrogen-bond acceptors (Lipinski definition) is 4. The summed E-state index contributed by atoms with van der Waals surface area (Å²) in [5.41, 5.74) is 1.40. The topological polar surface area (TPSA) is 60.9 Å². The average molecular weight is 420 g/mol. The molecule has 0 aliphatic carbocycles. The second kappa shape index (κ2) is 8.82. The van der Waals surface area contributed by atoms with Crippen molar-refractivity contribution in [2.45, 2.75) is 19.4 Å². The molecule has 2 aromatic carbocycles. The average Bonchev–Trinajstić information content (AvgIpc) is 2.72. The molecule has 1 heterocycles. The molecule has 0 saturated carbocycles. The summed E-state index contributed by atoms with van der Waals surface area (Å²) in [7, 11) is -3.73. The van der Waals surface area contributed by atoms with Crippen molar-refractivity contribution >= 4 is 27.3 Å². The lowest BCUT2D eigenvalue weighted by molar-refractivity contribution is -0.132. The molecule has 0 radical (unpaired) electrons. The number of rotatable bonds is 6. The van der Waals surface area contributed by atoms with Crippen molar-refractivity contribution in [2.75, 3.05) is 41.6 Å². The minimum atomic E-state index is -3.73. The van der Waals surface area contributed by atoms with E-state index in [-0.39, 0.29) is 11.6 Å². The highest BCUT2D eigenvalue weighted by Gasteiger charge is 2.35. The normalized spacial score (nSPS) is 15.8. The Balaban J connectivity index is 1.77. The van der Waals surface area contributed by atoms with E-state index in [4.69, 9.17) is 0 Å². The van der Waals surface area contributed by atoms with Crippen LogP contribution in [0.5, 0.6) is 0 Å². The second-order valence-corrected chi connectivity index (χ2v) is 8.97. The van der Waals surface area contributed by atoms with E-state index >= 15 is 0 Å². The van der Waals surface area contributed by atoms with Gasteiger partial charge in [-0.3, -0.25) is 9.10 Å². The first kappa shape index (κ1) is 21.1. The maximum absolute atomic E-state index is 13.3. The molecule has 3 rings (SSSR count). The quantitative estimate of drug-likeness (QED) is 0.722. The first-order valence-corrected chi connectivity index (χ1v) is 11.5. The first-order chi connectivity index (χ1) is 13.8. The van der Waals surface area contributed by atoms with Gasteiger partial charge in [0, 0.05) is 31.9 Å². The standard InChI is InChI=1S/C21H26FN3O3S/c1-3-20(25(29(2,27)28)19-11-9-17(22)10-12-19)21(26)24-15-13-23(14-16-24)18-7-5-4-6-8-18/h4-12,20H,3,13-16H2,1-2H3/t20-/m1/s1. The Morgan fingerprint density at radius 1 is 1.03 bits per heavy atom. The molecule has 0 bridgehead atoms. The summed E-state index contributed by atoms with van der Waals surface area (Å²) in [6, 6.07) is 14.3. The number of nitrogens with zero attached hydrogens (tertiary/aromatic N) is 3. The Morgan fingerprint density at radius 2 is 1.62 bits per heavy atom. The van der Waals surface area contributed by atoms with Gasteiger partial charge in [-0.05, 0) is 42.8 Å². The van der Waals surface area contributed by atoms with Gasteiger partial charge in [0.1, 0.15) is 11.9 Å².